The Hall–Kier alpha value is -1.57. The van der Waals surface area contributed by atoms with Crippen molar-refractivity contribution in [3.63, 3.8) is 0 Å². The summed E-state index contributed by atoms with van der Waals surface area (Å²) < 4.78 is 6.11. The maximum atomic E-state index is 13.0. The number of carbonyl (C=O) groups excluding carboxylic acids is 1. The number of fused-ring (bicyclic) bond motifs is 5. The fraction of sp³-hybridized carbons (Fsp3) is 0.750. The molecule has 0 aliphatic heterocycles. The predicted octanol–water partition coefficient (Wildman–Crippen LogP) is 9.87. The molecule has 3 fully saturated rings. The van der Waals surface area contributed by atoms with Gasteiger partial charge < -0.3 is 4.74 Å². The van der Waals surface area contributed by atoms with Gasteiger partial charge in [0.25, 0.3) is 0 Å². The molecule has 0 bridgehead atoms. The molecule has 4 aliphatic carbocycles. The van der Waals surface area contributed by atoms with Crippen LogP contribution in [0.15, 0.2) is 29.8 Å². The number of hydrogen-bond acceptors (Lipinski definition) is 2. The second-order valence-corrected chi connectivity index (χ2v) is 14.9. The third-order valence-corrected chi connectivity index (χ3v) is 12.0. The minimum Gasteiger partial charge on any atom is -0.458 e. The monoisotopic (exact) mass is 518 g/mol. The molecule has 5 rings (SSSR count). The minimum absolute atomic E-state index is 0.0237. The zero-order valence-electron chi connectivity index (χ0n) is 25.4. The minimum atomic E-state index is -0.146. The smallest absolute Gasteiger partial charge is 0.338 e. The van der Waals surface area contributed by atoms with Gasteiger partial charge in [-0.05, 0) is 117 Å². The molecule has 0 heterocycles. The van der Waals surface area contributed by atoms with Crippen molar-refractivity contribution in [1.82, 2.24) is 0 Å². The number of allylic oxidation sites excluding steroid dienone is 1. The number of carbonyl (C=O) groups is 1. The van der Waals surface area contributed by atoms with Crippen LogP contribution in [0.4, 0.5) is 0 Å². The van der Waals surface area contributed by atoms with E-state index in [1.165, 1.54) is 57.8 Å². The molecule has 8 atom stereocenters. The molecule has 3 saturated carbocycles. The summed E-state index contributed by atoms with van der Waals surface area (Å²) >= 11 is 0. The Balaban J connectivity index is 1.25. The number of rotatable bonds is 7. The van der Waals surface area contributed by atoms with Crippen LogP contribution in [0.25, 0.3) is 0 Å². The van der Waals surface area contributed by atoms with Gasteiger partial charge in [-0.1, -0.05) is 82.7 Å². The maximum Gasteiger partial charge on any atom is 0.338 e. The standard InChI is InChI=1S/C36H54O2/c1-23(2)9-8-10-26(5)31-13-14-32-30-12-11-28-22-29(38-34(37)27-20-24(3)19-25(4)21-27)15-17-35(28,6)33(30)16-18-36(31,32)7/h11,19-21,23,26,29-33H,8-10,12-18,22H2,1-7H3. The van der Waals surface area contributed by atoms with E-state index in [-0.39, 0.29) is 12.1 Å². The van der Waals surface area contributed by atoms with Crippen LogP contribution in [0.5, 0.6) is 0 Å². The quantitative estimate of drug-likeness (QED) is 0.265. The van der Waals surface area contributed by atoms with Gasteiger partial charge >= 0.3 is 5.97 Å². The van der Waals surface area contributed by atoms with Crippen molar-refractivity contribution in [3.8, 4) is 0 Å². The Morgan fingerprint density at radius 2 is 1.68 bits per heavy atom. The van der Waals surface area contributed by atoms with Crippen LogP contribution in [0.1, 0.15) is 127 Å². The van der Waals surface area contributed by atoms with E-state index in [4.69, 9.17) is 4.74 Å². The van der Waals surface area contributed by atoms with Crippen LogP contribution in [0.3, 0.4) is 0 Å². The average Bonchev–Trinajstić information content (AvgIpc) is 3.20. The topological polar surface area (TPSA) is 26.3 Å². The van der Waals surface area contributed by atoms with Crippen LogP contribution in [0, 0.1) is 60.2 Å². The summed E-state index contributed by atoms with van der Waals surface area (Å²) in [6.45, 7) is 16.7. The van der Waals surface area contributed by atoms with Gasteiger partial charge in [0, 0.05) is 6.42 Å². The lowest BCUT2D eigenvalue weighted by molar-refractivity contribution is -0.0594. The molecule has 210 valence electrons. The SMILES string of the molecule is Cc1cc(C)cc(C(=O)OC2CCC3(C)C(=CCC4C3CCC3(C)C(C(C)CCCC(C)C)CCC43)C2)c1. The summed E-state index contributed by atoms with van der Waals surface area (Å²) in [5.41, 5.74) is 5.39. The highest BCUT2D eigenvalue weighted by Gasteiger charge is 2.59. The Morgan fingerprint density at radius 1 is 0.947 bits per heavy atom. The molecule has 0 amide bonds. The number of aryl methyl sites for hydroxylation is 2. The second kappa shape index (κ2) is 10.8. The molecular weight excluding hydrogens is 464 g/mol. The highest BCUT2D eigenvalue weighted by molar-refractivity contribution is 5.90. The van der Waals surface area contributed by atoms with Crippen LogP contribution in [-0.2, 0) is 4.74 Å². The molecule has 0 N–H and O–H groups in total. The van der Waals surface area contributed by atoms with E-state index < -0.39 is 0 Å². The summed E-state index contributed by atoms with van der Waals surface area (Å²) in [4.78, 5) is 13.0. The number of ether oxygens (including phenoxy) is 1. The lowest BCUT2D eigenvalue weighted by atomic mass is 9.47. The van der Waals surface area contributed by atoms with Crippen molar-refractivity contribution in [2.24, 2.45) is 46.3 Å². The van der Waals surface area contributed by atoms with Gasteiger partial charge in [-0.2, -0.15) is 0 Å². The number of hydrogen-bond donors (Lipinski definition) is 0. The highest BCUT2D eigenvalue weighted by Crippen LogP contribution is 2.67. The predicted molar refractivity (Wildman–Crippen MR) is 158 cm³/mol. The van der Waals surface area contributed by atoms with E-state index in [9.17, 15) is 4.79 Å². The third-order valence-electron chi connectivity index (χ3n) is 12.0. The normalized spacial score (nSPS) is 37.2. The first-order valence-corrected chi connectivity index (χ1v) is 16.0. The zero-order chi connectivity index (χ0) is 27.2. The molecule has 1 aromatic rings. The van der Waals surface area contributed by atoms with E-state index in [0.717, 1.165) is 59.5 Å². The van der Waals surface area contributed by atoms with E-state index in [1.807, 2.05) is 26.0 Å². The summed E-state index contributed by atoms with van der Waals surface area (Å²) in [5.74, 6) is 5.03. The first-order chi connectivity index (χ1) is 18.0. The second-order valence-electron chi connectivity index (χ2n) is 14.9. The van der Waals surface area contributed by atoms with Crippen molar-refractivity contribution in [1.29, 1.82) is 0 Å². The third kappa shape index (κ3) is 5.15. The van der Waals surface area contributed by atoms with Crippen molar-refractivity contribution < 1.29 is 9.53 Å². The Morgan fingerprint density at radius 3 is 2.39 bits per heavy atom. The van der Waals surface area contributed by atoms with Gasteiger partial charge in [0.05, 0.1) is 5.56 Å². The summed E-state index contributed by atoms with van der Waals surface area (Å²) in [5, 5.41) is 0. The summed E-state index contributed by atoms with van der Waals surface area (Å²) in [6, 6.07) is 6.04. The van der Waals surface area contributed by atoms with Crippen LogP contribution < -0.4 is 0 Å². The molecule has 0 saturated heterocycles. The van der Waals surface area contributed by atoms with Crippen molar-refractivity contribution >= 4 is 5.97 Å². The van der Waals surface area contributed by atoms with Gasteiger partial charge in [-0.25, -0.2) is 4.79 Å². The molecule has 2 nitrogen and oxygen atoms in total. The molecule has 0 radical (unpaired) electrons. The molecule has 2 heteroatoms. The molecule has 0 aromatic heterocycles. The number of benzene rings is 1. The van der Waals surface area contributed by atoms with Crippen LogP contribution in [0.2, 0.25) is 0 Å². The Bertz CT molecular complexity index is 1030. The zero-order valence-corrected chi connectivity index (χ0v) is 25.4. The van der Waals surface area contributed by atoms with Crippen LogP contribution >= 0.6 is 0 Å². The van der Waals surface area contributed by atoms with Gasteiger partial charge in [0.2, 0.25) is 0 Å². The molecular formula is C36H54O2. The summed E-state index contributed by atoms with van der Waals surface area (Å²) in [7, 11) is 0. The first kappa shape index (κ1) is 28.0. The van der Waals surface area contributed by atoms with Crippen molar-refractivity contribution in [2.75, 3.05) is 0 Å². The van der Waals surface area contributed by atoms with Crippen molar-refractivity contribution in [3.05, 3.63) is 46.5 Å². The van der Waals surface area contributed by atoms with Gasteiger partial charge in [-0.15, -0.1) is 0 Å². The molecule has 1 aromatic carbocycles. The lowest BCUT2D eigenvalue weighted by Gasteiger charge is -2.58. The van der Waals surface area contributed by atoms with Crippen LogP contribution in [-0.4, -0.2) is 12.1 Å². The van der Waals surface area contributed by atoms with Crippen molar-refractivity contribution in [2.45, 2.75) is 125 Å². The largest absolute Gasteiger partial charge is 0.458 e. The molecule has 8 unspecified atom stereocenters. The first-order valence-electron chi connectivity index (χ1n) is 16.0. The fourth-order valence-corrected chi connectivity index (χ4v) is 10.1. The summed E-state index contributed by atoms with van der Waals surface area (Å²) in [6.07, 6.45) is 16.9. The van der Waals surface area contributed by atoms with Gasteiger partial charge in [0.15, 0.2) is 0 Å². The highest BCUT2D eigenvalue weighted by atomic mass is 16.5. The van der Waals surface area contributed by atoms with Gasteiger partial charge in [0.1, 0.15) is 6.10 Å². The molecule has 4 aliphatic rings. The fourth-order valence-electron chi connectivity index (χ4n) is 10.1. The Labute approximate surface area is 233 Å². The molecule has 38 heavy (non-hydrogen) atoms. The lowest BCUT2D eigenvalue weighted by Crippen LogP contribution is -2.51. The van der Waals surface area contributed by atoms with E-state index in [0.29, 0.717) is 16.4 Å². The van der Waals surface area contributed by atoms with E-state index in [1.54, 1.807) is 5.57 Å². The van der Waals surface area contributed by atoms with Gasteiger partial charge in [-0.3, -0.25) is 0 Å². The molecule has 0 spiro atoms. The Kier molecular flexibility index (Phi) is 7.93. The average molecular weight is 519 g/mol. The maximum absolute atomic E-state index is 13.0. The van der Waals surface area contributed by atoms with E-state index >= 15 is 0 Å². The number of esters is 1. The van der Waals surface area contributed by atoms with E-state index in [2.05, 4.69) is 46.8 Å².